The van der Waals surface area contributed by atoms with Crippen LogP contribution < -0.4 is 5.32 Å². The van der Waals surface area contributed by atoms with Gasteiger partial charge in [0.15, 0.2) is 0 Å². The Hall–Kier alpha value is -1.69. The molecule has 1 unspecified atom stereocenters. The summed E-state index contributed by atoms with van der Waals surface area (Å²) >= 11 is 2.32. The molecule has 1 heterocycles. The number of halogens is 1. The molecule has 1 N–H and O–H groups in total. The summed E-state index contributed by atoms with van der Waals surface area (Å²) < 4.78 is 1.11. The van der Waals surface area contributed by atoms with E-state index in [1.54, 1.807) is 6.33 Å². The Morgan fingerprint density at radius 2 is 1.86 bits per heavy atom. The Kier molecular flexibility index (Phi) is 4.57. The van der Waals surface area contributed by atoms with E-state index in [0.717, 1.165) is 21.5 Å². The van der Waals surface area contributed by atoms with Crippen LogP contribution >= 0.6 is 22.6 Å². The smallest absolute Gasteiger partial charge is 0.143 e. The van der Waals surface area contributed by atoms with E-state index in [1.807, 2.05) is 0 Å². The van der Waals surface area contributed by atoms with Crippen LogP contribution in [0.1, 0.15) is 31.1 Å². The van der Waals surface area contributed by atoms with Crippen molar-refractivity contribution in [3.05, 3.63) is 63.6 Å². The van der Waals surface area contributed by atoms with Gasteiger partial charge in [-0.1, -0.05) is 43.3 Å². The zero-order valence-electron chi connectivity index (χ0n) is 12.7. The predicted molar refractivity (Wildman–Crippen MR) is 100 cm³/mol. The number of nitrogens with one attached hydrogen (secondary N) is 1. The first kappa shape index (κ1) is 15.2. The molecule has 1 atom stereocenters. The third-order valence-electron chi connectivity index (χ3n) is 3.82. The summed E-state index contributed by atoms with van der Waals surface area (Å²) in [4.78, 5) is 8.70. The van der Waals surface area contributed by atoms with Crippen molar-refractivity contribution in [2.24, 2.45) is 0 Å². The van der Waals surface area contributed by atoms with Crippen molar-refractivity contribution in [1.29, 1.82) is 0 Å². The van der Waals surface area contributed by atoms with Gasteiger partial charge in [-0.25, -0.2) is 9.97 Å². The molecule has 0 aliphatic rings. The van der Waals surface area contributed by atoms with Gasteiger partial charge in [0.1, 0.15) is 12.1 Å². The summed E-state index contributed by atoms with van der Waals surface area (Å²) in [5.41, 5.74) is 2.34. The second-order valence-electron chi connectivity index (χ2n) is 5.31. The first-order valence-electron chi connectivity index (χ1n) is 7.43. The molecule has 0 bridgehead atoms. The monoisotopic (exact) mass is 403 g/mol. The van der Waals surface area contributed by atoms with Gasteiger partial charge >= 0.3 is 0 Å². The number of hydrogen-bond acceptors (Lipinski definition) is 3. The van der Waals surface area contributed by atoms with Crippen LogP contribution in [-0.2, 0) is 6.42 Å². The molecule has 3 nitrogen and oxygen atoms in total. The van der Waals surface area contributed by atoms with E-state index >= 15 is 0 Å². The van der Waals surface area contributed by atoms with E-state index in [9.17, 15) is 0 Å². The Balaban J connectivity index is 1.88. The molecule has 3 rings (SSSR count). The lowest BCUT2D eigenvalue weighted by Gasteiger charge is -2.17. The van der Waals surface area contributed by atoms with E-state index in [1.165, 1.54) is 16.3 Å². The largest absolute Gasteiger partial charge is 0.363 e. The van der Waals surface area contributed by atoms with Gasteiger partial charge in [-0.2, -0.15) is 0 Å². The van der Waals surface area contributed by atoms with Crippen LogP contribution in [0, 0.1) is 3.57 Å². The molecule has 0 fully saturated rings. The molecule has 2 aromatic carbocycles. The van der Waals surface area contributed by atoms with Crippen molar-refractivity contribution in [2.45, 2.75) is 26.3 Å². The fourth-order valence-electron chi connectivity index (χ4n) is 2.52. The molecule has 0 saturated heterocycles. The molecule has 3 aromatic rings. The van der Waals surface area contributed by atoms with Gasteiger partial charge in [0.05, 0.1) is 9.26 Å². The first-order chi connectivity index (χ1) is 10.7. The zero-order valence-corrected chi connectivity index (χ0v) is 14.8. The predicted octanol–water partition coefficient (Wildman–Crippen LogP) is 4.97. The average molecular weight is 403 g/mol. The van der Waals surface area contributed by atoms with Gasteiger partial charge in [0.2, 0.25) is 0 Å². The Labute approximate surface area is 144 Å². The third-order valence-corrected chi connectivity index (χ3v) is 4.96. The lowest BCUT2D eigenvalue weighted by Crippen LogP contribution is -2.10. The summed E-state index contributed by atoms with van der Waals surface area (Å²) in [6.45, 7) is 4.27. The molecular weight excluding hydrogens is 385 g/mol. The zero-order chi connectivity index (χ0) is 15.5. The van der Waals surface area contributed by atoms with Gasteiger partial charge in [-0.15, -0.1) is 0 Å². The second kappa shape index (κ2) is 6.60. The highest BCUT2D eigenvalue weighted by atomic mass is 127. The molecular formula is C18H18IN3. The van der Waals surface area contributed by atoms with Crippen LogP contribution in [0.5, 0.6) is 0 Å². The van der Waals surface area contributed by atoms with Crippen molar-refractivity contribution in [1.82, 2.24) is 9.97 Å². The standard InChI is InChI=1S/C18H18IN3/c1-3-16-17(19)18(21-11-20-16)22-12(2)14-9-8-13-6-4-5-7-15(13)10-14/h4-12H,3H2,1-2H3,(H,20,21,22). The number of aromatic nitrogens is 2. The van der Waals surface area contributed by atoms with Crippen LogP contribution in [0.15, 0.2) is 48.8 Å². The summed E-state index contributed by atoms with van der Waals surface area (Å²) in [6.07, 6.45) is 2.55. The lowest BCUT2D eigenvalue weighted by molar-refractivity contribution is 0.864. The van der Waals surface area contributed by atoms with Crippen LogP contribution in [0.3, 0.4) is 0 Å². The molecule has 112 valence electrons. The van der Waals surface area contributed by atoms with Gasteiger partial charge in [0, 0.05) is 6.04 Å². The van der Waals surface area contributed by atoms with Crippen molar-refractivity contribution in [3.8, 4) is 0 Å². The molecule has 1 aromatic heterocycles. The number of anilines is 1. The molecule has 0 radical (unpaired) electrons. The first-order valence-corrected chi connectivity index (χ1v) is 8.51. The highest BCUT2D eigenvalue weighted by Gasteiger charge is 2.11. The maximum atomic E-state index is 4.38. The minimum absolute atomic E-state index is 0.192. The molecule has 0 saturated carbocycles. The molecule has 0 aliphatic carbocycles. The van der Waals surface area contributed by atoms with Crippen molar-refractivity contribution in [2.75, 3.05) is 5.32 Å². The number of hydrogen-bond donors (Lipinski definition) is 1. The van der Waals surface area contributed by atoms with Crippen molar-refractivity contribution < 1.29 is 0 Å². The summed E-state index contributed by atoms with van der Waals surface area (Å²) in [5.74, 6) is 0.910. The van der Waals surface area contributed by atoms with Crippen LogP contribution in [0.4, 0.5) is 5.82 Å². The maximum Gasteiger partial charge on any atom is 0.143 e. The third kappa shape index (κ3) is 3.06. The van der Waals surface area contributed by atoms with Gasteiger partial charge < -0.3 is 5.32 Å². The Morgan fingerprint density at radius 1 is 1.09 bits per heavy atom. The minimum atomic E-state index is 0.192. The highest BCUT2D eigenvalue weighted by molar-refractivity contribution is 14.1. The number of nitrogens with zero attached hydrogens (tertiary/aromatic N) is 2. The molecule has 22 heavy (non-hydrogen) atoms. The maximum absolute atomic E-state index is 4.38. The van der Waals surface area contributed by atoms with E-state index in [4.69, 9.17) is 0 Å². The molecule has 0 aliphatic heterocycles. The van der Waals surface area contributed by atoms with Gasteiger partial charge in [-0.05, 0) is 58.3 Å². The van der Waals surface area contributed by atoms with E-state index in [2.05, 4.69) is 94.2 Å². The number of aryl methyl sites for hydroxylation is 1. The van der Waals surface area contributed by atoms with Gasteiger partial charge in [-0.3, -0.25) is 0 Å². The second-order valence-corrected chi connectivity index (χ2v) is 6.39. The van der Waals surface area contributed by atoms with Crippen LogP contribution in [0.25, 0.3) is 10.8 Å². The minimum Gasteiger partial charge on any atom is -0.363 e. The SMILES string of the molecule is CCc1ncnc(NC(C)c2ccc3ccccc3c2)c1I. The Morgan fingerprint density at radius 3 is 2.64 bits per heavy atom. The van der Waals surface area contributed by atoms with Crippen LogP contribution in [0.2, 0.25) is 0 Å². The quantitative estimate of drug-likeness (QED) is 0.626. The fraction of sp³-hybridized carbons (Fsp3) is 0.222. The van der Waals surface area contributed by atoms with Crippen LogP contribution in [-0.4, -0.2) is 9.97 Å². The van der Waals surface area contributed by atoms with Gasteiger partial charge in [0.25, 0.3) is 0 Å². The molecule has 0 amide bonds. The normalized spacial score (nSPS) is 12.3. The fourth-order valence-corrected chi connectivity index (χ4v) is 3.33. The van der Waals surface area contributed by atoms with E-state index in [0.29, 0.717) is 0 Å². The summed E-state index contributed by atoms with van der Waals surface area (Å²) in [5, 5.41) is 6.04. The topological polar surface area (TPSA) is 37.8 Å². The van der Waals surface area contributed by atoms with E-state index in [-0.39, 0.29) is 6.04 Å². The molecule has 4 heteroatoms. The Bertz CT molecular complexity index is 801. The average Bonchev–Trinajstić information content (AvgIpc) is 2.56. The van der Waals surface area contributed by atoms with Crippen molar-refractivity contribution >= 4 is 39.2 Å². The molecule has 0 spiro atoms. The summed E-state index contributed by atoms with van der Waals surface area (Å²) in [6, 6.07) is 15.2. The summed E-state index contributed by atoms with van der Waals surface area (Å²) in [7, 11) is 0. The number of rotatable bonds is 4. The van der Waals surface area contributed by atoms with E-state index < -0.39 is 0 Å². The lowest BCUT2D eigenvalue weighted by atomic mass is 10.0. The number of fused-ring (bicyclic) bond motifs is 1. The highest BCUT2D eigenvalue weighted by Crippen LogP contribution is 2.25. The number of benzene rings is 2. The van der Waals surface area contributed by atoms with Crippen molar-refractivity contribution in [3.63, 3.8) is 0 Å².